The van der Waals surface area contributed by atoms with Crippen LogP contribution in [0.15, 0.2) is 60.2 Å². The van der Waals surface area contributed by atoms with E-state index in [1.165, 1.54) is 30.5 Å². The molecule has 0 fully saturated rings. The second kappa shape index (κ2) is 8.01. The van der Waals surface area contributed by atoms with E-state index in [4.69, 9.17) is 4.74 Å². The highest BCUT2D eigenvalue weighted by atomic mass is 19.4. The van der Waals surface area contributed by atoms with Crippen molar-refractivity contribution in [2.24, 2.45) is 0 Å². The summed E-state index contributed by atoms with van der Waals surface area (Å²) in [5.41, 5.74) is 2.62. The van der Waals surface area contributed by atoms with Crippen LogP contribution in [0.4, 0.5) is 13.2 Å². The van der Waals surface area contributed by atoms with Gasteiger partial charge in [0.2, 0.25) is 0 Å². The quantitative estimate of drug-likeness (QED) is 0.462. The fraction of sp³-hybridized carbons (Fsp3) is 0.316. The summed E-state index contributed by atoms with van der Waals surface area (Å²) in [6.07, 6.45) is 1.33. The number of halogens is 3. The highest BCUT2D eigenvalue weighted by Crippen LogP contribution is 2.36. The Labute approximate surface area is 170 Å². The van der Waals surface area contributed by atoms with Gasteiger partial charge in [-0.1, -0.05) is 24.3 Å². The van der Waals surface area contributed by atoms with Crippen LogP contribution in [0.3, 0.4) is 0 Å². The van der Waals surface area contributed by atoms with Gasteiger partial charge in [0.1, 0.15) is 17.7 Å². The summed E-state index contributed by atoms with van der Waals surface area (Å²) >= 11 is 0. The van der Waals surface area contributed by atoms with Crippen LogP contribution in [0.1, 0.15) is 17.2 Å². The Morgan fingerprint density at radius 1 is 1.27 bits per heavy atom. The van der Waals surface area contributed by atoms with Crippen LogP contribution in [-0.4, -0.2) is 37.1 Å². The lowest BCUT2D eigenvalue weighted by Gasteiger charge is -2.35. The van der Waals surface area contributed by atoms with Crippen molar-refractivity contribution in [1.82, 2.24) is 31.7 Å². The van der Waals surface area contributed by atoms with Gasteiger partial charge in [0.25, 0.3) is 5.91 Å². The van der Waals surface area contributed by atoms with Crippen molar-refractivity contribution in [3.8, 4) is 0 Å². The molecule has 0 bridgehead atoms. The third kappa shape index (κ3) is 3.99. The predicted molar refractivity (Wildman–Crippen MR) is 101 cm³/mol. The number of hydrogen-bond acceptors (Lipinski definition) is 7. The van der Waals surface area contributed by atoms with Crippen LogP contribution >= 0.6 is 0 Å². The van der Waals surface area contributed by atoms with Crippen LogP contribution in [0.2, 0.25) is 0 Å². The zero-order chi connectivity index (χ0) is 21.3. The first-order valence-electron chi connectivity index (χ1n) is 9.27. The summed E-state index contributed by atoms with van der Waals surface area (Å²) in [6, 6.07) is 4.63. The molecule has 0 saturated carbocycles. The molecule has 160 valence electrons. The molecule has 1 amide bonds. The highest BCUT2D eigenvalue weighted by molar-refractivity contribution is 5.94. The lowest BCUT2D eigenvalue weighted by atomic mass is 9.99. The molecule has 8 nitrogen and oxygen atoms in total. The van der Waals surface area contributed by atoms with Crippen molar-refractivity contribution in [3.05, 3.63) is 71.3 Å². The molecule has 0 spiro atoms. The number of ether oxygens (including phenoxy) is 1. The molecular formula is C19H21F3N6O2. The van der Waals surface area contributed by atoms with Crippen LogP contribution in [0.5, 0.6) is 0 Å². The van der Waals surface area contributed by atoms with Gasteiger partial charge in [0, 0.05) is 19.9 Å². The standard InChI is InChI=1S/C19H21F3N6O2/c1-30-18-23-9-8-15(26-18)25-17(29)14-10-24-16-7-6-13(27-28(14)16)11-4-2-3-5-12(11)19(20,21)22/h2-8,10,13,16,18,23-24,26-27H,9H2,1H3,(H,25,29). The van der Waals surface area contributed by atoms with Crippen molar-refractivity contribution in [3.63, 3.8) is 0 Å². The number of amides is 1. The molecule has 3 aliphatic heterocycles. The maximum Gasteiger partial charge on any atom is 0.416 e. The van der Waals surface area contributed by atoms with Crippen LogP contribution in [0.25, 0.3) is 0 Å². The molecule has 1 aromatic rings. The number of carbonyl (C=O) groups excluding carboxylic acids is 1. The number of carbonyl (C=O) groups is 1. The Balaban J connectivity index is 1.50. The van der Waals surface area contributed by atoms with Crippen molar-refractivity contribution < 1.29 is 22.7 Å². The minimum Gasteiger partial charge on any atom is -0.365 e. The molecule has 3 aliphatic rings. The number of alkyl halides is 3. The molecule has 3 atom stereocenters. The van der Waals surface area contributed by atoms with Gasteiger partial charge >= 0.3 is 6.18 Å². The van der Waals surface area contributed by atoms with Crippen molar-refractivity contribution in [1.29, 1.82) is 0 Å². The number of nitrogens with zero attached hydrogens (tertiary/aromatic N) is 1. The van der Waals surface area contributed by atoms with Crippen LogP contribution in [0, 0.1) is 0 Å². The minimum atomic E-state index is -4.48. The monoisotopic (exact) mass is 422 g/mol. The van der Waals surface area contributed by atoms with E-state index >= 15 is 0 Å². The number of benzene rings is 1. The Hall–Kier alpha value is -3.02. The van der Waals surface area contributed by atoms with Gasteiger partial charge in [0.05, 0.1) is 11.6 Å². The summed E-state index contributed by atoms with van der Waals surface area (Å²) in [4.78, 5) is 12.8. The first-order chi connectivity index (χ1) is 14.4. The Kier molecular flexibility index (Phi) is 5.41. The van der Waals surface area contributed by atoms with Gasteiger partial charge < -0.3 is 20.7 Å². The van der Waals surface area contributed by atoms with Gasteiger partial charge in [-0.3, -0.25) is 15.1 Å². The fourth-order valence-electron chi connectivity index (χ4n) is 3.47. The lowest BCUT2D eigenvalue weighted by molar-refractivity contribution is -0.138. The Morgan fingerprint density at radius 2 is 2.07 bits per heavy atom. The SMILES string of the molecule is COC1NCC=C(NC(=O)C2=CNC3C=CC(c4ccccc4C(F)(F)F)NN23)N1. The summed E-state index contributed by atoms with van der Waals surface area (Å²) in [6.45, 7) is 0.502. The van der Waals surface area contributed by atoms with E-state index in [0.717, 1.165) is 6.07 Å². The van der Waals surface area contributed by atoms with Crippen LogP contribution in [-0.2, 0) is 15.7 Å². The van der Waals surface area contributed by atoms with E-state index in [1.54, 1.807) is 24.3 Å². The van der Waals surface area contributed by atoms with Gasteiger partial charge in [-0.2, -0.15) is 13.2 Å². The summed E-state index contributed by atoms with van der Waals surface area (Å²) < 4.78 is 45.4. The first-order valence-corrected chi connectivity index (χ1v) is 9.27. The van der Waals surface area contributed by atoms with E-state index in [9.17, 15) is 18.0 Å². The second-order valence-corrected chi connectivity index (χ2v) is 6.83. The highest BCUT2D eigenvalue weighted by Gasteiger charge is 2.38. The number of nitrogens with one attached hydrogen (secondary N) is 5. The second-order valence-electron chi connectivity index (χ2n) is 6.83. The molecule has 4 rings (SSSR count). The number of hydrazine groups is 1. The minimum absolute atomic E-state index is 0.0806. The summed E-state index contributed by atoms with van der Waals surface area (Å²) in [5.74, 6) is 0.0487. The number of hydrogen-bond donors (Lipinski definition) is 5. The van der Waals surface area contributed by atoms with Gasteiger partial charge in [0.15, 0.2) is 6.35 Å². The summed E-state index contributed by atoms with van der Waals surface area (Å²) in [5, 5.41) is 13.3. The number of methoxy groups -OCH3 is 1. The third-order valence-corrected chi connectivity index (χ3v) is 4.91. The molecule has 1 aromatic carbocycles. The van der Waals surface area contributed by atoms with E-state index in [1.807, 2.05) is 0 Å². The average Bonchev–Trinajstić information content (AvgIpc) is 3.16. The molecule has 3 unspecified atom stereocenters. The molecule has 30 heavy (non-hydrogen) atoms. The molecule has 0 aromatic heterocycles. The number of fused-ring (bicyclic) bond motifs is 1. The maximum absolute atomic E-state index is 13.4. The van der Waals surface area contributed by atoms with Gasteiger partial charge in [-0.25, -0.2) is 5.43 Å². The van der Waals surface area contributed by atoms with Gasteiger partial charge in [-0.15, -0.1) is 0 Å². The van der Waals surface area contributed by atoms with E-state index in [2.05, 4.69) is 26.7 Å². The zero-order valence-electron chi connectivity index (χ0n) is 16.0. The van der Waals surface area contributed by atoms with Crippen molar-refractivity contribution >= 4 is 5.91 Å². The fourth-order valence-corrected chi connectivity index (χ4v) is 3.47. The smallest absolute Gasteiger partial charge is 0.365 e. The molecule has 0 saturated heterocycles. The topological polar surface area (TPSA) is 89.7 Å². The van der Waals surface area contributed by atoms with E-state index < -0.39 is 30.0 Å². The largest absolute Gasteiger partial charge is 0.416 e. The van der Waals surface area contributed by atoms with Gasteiger partial charge in [-0.05, 0) is 23.8 Å². The van der Waals surface area contributed by atoms with E-state index in [0.29, 0.717) is 12.4 Å². The lowest BCUT2D eigenvalue weighted by Crippen LogP contribution is -2.53. The Bertz CT molecular complexity index is 914. The average molecular weight is 422 g/mol. The summed E-state index contributed by atoms with van der Waals surface area (Å²) in [7, 11) is 1.52. The van der Waals surface area contributed by atoms with Crippen LogP contribution < -0.4 is 26.7 Å². The zero-order valence-corrected chi connectivity index (χ0v) is 16.0. The first kappa shape index (κ1) is 20.3. The molecule has 3 heterocycles. The van der Waals surface area contributed by atoms with Crippen molar-refractivity contribution in [2.45, 2.75) is 24.7 Å². The third-order valence-electron chi connectivity index (χ3n) is 4.91. The molecule has 5 N–H and O–H groups in total. The normalized spacial score (nSPS) is 25.6. The predicted octanol–water partition coefficient (Wildman–Crippen LogP) is 0.974. The molecule has 0 aliphatic carbocycles. The molecule has 11 heteroatoms. The number of rotatable bonds is 4. The molecular weight excluding hydrogens is 401 g/mol. The maximum atomic E-state index is 13.4. The Morgan fingerprint density at radius 3 is 2.83 bits per heavy atom. The van der Waals surface area contributed by atoms with Crippen molar-refractivity contribution in [2.75, 3.05) is 13.7 Å². The van der Waals surface area contributed by atoms with E-state index in [-0.39, 0.29) is 17.4 Å². The molecule has 0 radical (unpaired) electrons.